The van der Waals surface area contributed by atoms with Gasteiger partial charge in [0.25, 0.3) is 5.91 Å². The Hall–Kier alpha value is -1.66. The summed E-state index contributed by atoms with van der Waals surface area (Å²) in [5, 5.41) is 3.12. The number of hydrogen-bond acceptors (Lipinski definition) is 5. The lowest BCUT2D eigenvalue weighted by Gasteiger charge is -2.23. The van der Waals surface area contributed by atoms with Crippen molar-refractivity contribution in [3.05, 3.63) is 23.9 Å². The third kappa shape index (κ3) is 5.69. The van der Waals surface area contributed by atoms with Gasteiger partial charge < -0.3 is 19.7 Å². The molecule has 0 atom stereocenters. The zero-order valence-corrected chi connectivity index (χ0v) is 13.1. The molecule has 0 bridgehead atoms. The Bertz CT molecular complexity index is 426. The van der Waals surface area contributed by atoms with Crippen LogP contribution in [-0.2, 0) is 9.47 Å². The molecule has 0 saturated carbocycles. The maximum Gasteiger partial charge on any atom is 0.257 e. The highest BCUT2D eigenvalue weighted by Gasteiger charge is 2.18. The molecule has 1 N–H and O–H groups in total. The lowest BCUT2D eigenvalue weighted by atomic mass is 10.2. The van der Waals surface area contributed by atoms with E-state index in [9.17, 15) is 4.79 Å². The Kier molecular flexibility index (Phi) is 8.38. The summed E-state index contributed by atoms with van der Waals surface area (Å²) in [5.74, 6) is 0.589. The first kappa shape index (κ1) is 17.4. The average Bonchev–Trinajstić information content (AvgIpc) is 2.51. The van der Waals surface area contributed by atoms with Gasteiger partial charge in [-0.1, -0.05) is 0 Å². The molecule has 0 aliphatic heterocycles. The second-order valence-electron chi connectivity index (χ2n) is 4.56. The van der Waals surface area contributed by atoms with Gasteiger partial charge in [0.05, 0.1) is 12.2 Å². The normalized spacial score (nSPS) is 10.4. The molecule has 1 rings (SSSR count). The standard InChI is InChI=1S/C15H25N3O3/c1-4-16-14-13(7-5-8-17-14)15(19)18(10-12-21-3)9-6-11-20-2/h5,7-8H,4,6,9-12H2,1-3H3,(H,16,17). The topological polar surface area (TPSA) is 63.7 Å². The first-order valence-electron chi connectivity index (χ1n) is 7.20. The van der Waals surface area contributed by atoms with Crippen LogP contribution in [0.25, 0.3) is 0 Å². The van der Waals surface area contributed by atoms with Crippen LogP contribution in [0.2, 0.25) is 0 Å². The molecule has 118 valence electrons. The summed E-state index contributed by atoms with van der Waals surface area (Å²) in [4.78, 5) is 18.7. The molecule has 1 amide bonds. The van der Waals surface area contributed by atoms with Crippen LogP contribution in [0.1, 0.15) is 23.7 Å². The third-order valence-corrected chi connectivity index (χ3v) is 3.01. The largest absolute Gasteiger partial charge is 0.385 e. The van der Waals surface area contributed by atoms with Crippen LogP contribution in [0.3, 0.4) is 0 Å². The lowest BCUT2D eigenvalue weighted by molar-refractivity contribution is 0.0674. The van der Waals surface area contributed by atoms with Gasteiger partial charge in [-0.25, -0.2) is 4.98 Å². The first-order chi connectivity index (χ1) is 10.2. The number of methoxy groups -OCH3 is 2. The number of rotatable bonds is 10. The molecule has 0 aliphatic rings. The molecule has 0 aliphatic carbocycles. The number of aromatic nitrogens is 1. The van der Waals surface area contributed by atoms with Crippen molar-refractivity contribution in [1.29, 1.82) is 0 Å². The van der Waals surface area contributed by atoms with Crippen molar-refractivity contribution < 1.29 is 14.3 Å². The Balaban J connectivity index is 2.82. The first-order valence-corrected chi connectivity index (χ1v) is 7.20. The number of nitrogens with one attached hydrogen (secondary N) is 1. The molecule has 6 heteroatoms. The molecule has 1 heterocycles. The molecule has 0 radical (unpaired) electrons. The summed E-state index contributed by atoms with van der Waals surface area (Å²) >= 11 is 0. The van der Waals surface area contributed by atoms with Gasteiger partial charge in [-0.15, -0.1) is 0 Å². The monoisotopic (exact) mass is 295 g/mol. The number of hydrogen-bond donors (Lipinski definition) is 1. The zero-order valence-electron chi connectivity index (χ0n) is 13.1. The SMILES string of the molecule is CCNc1ncccc1C(=O)N(CCCOC)CCOC. The van der Waals surface area contributed by atoms with Crippen molar-refractivity contribution in [1.82, 2.24) is 9.88 Å². The van der Waals surface area contributed by atoms with Crippen molar-refractivity contribution in [2.45, 2.75) is 13.3 Å². The van der Waals surface area contributed by atoms with Crippen LogP contribution < -0.4 is 5.32 Å². The summed E-state index contributed by atoms with van der Waals surface area (Å²) < 4.78 is 10.1. The van der Waals surface area contributed by atoms with Gasteiger partial charge >= 0.3 is 0 Å². The van der Waals surface area contributed by atoms with Gasteiger partial charge in [0, 0.05) is 46.7 Å². The molecule has 6 nitrogen and oxygen atoms in total. The number of amides is 1. The van der Waals surface area contributed by atoms with Crippen molar-refractivity contribution in [2.24, 2.45) is 0 Å². The fraction of sp³-hybridized carbons (Fsp3) is 0.600. The van der Waals surface area contributed by atoms with Gasteiger partial charge in [0.15, 0.2) is 0 Å². The Morgan fingerprint density at radius 2 is 2.05 bits per heavy atom. The van der Waals surface area contributed by atoms with Gasteiger partial charge in [0.2, 0.25) is 0 Å². The van der Waals surface area contributed by atoms with Crippen LogP contribution in [0.15, 0.2) is 18.3 Å². The molecule has 0 spiro atoms. The van der Waals surface area contributed by atoms with E-state index >= 15 is 0 Å². The second-order valence-corrected chi connectivity index (χ2v) is 4.56. The summed E-state index contributed by atoms with van der Waals surface area (Å²) in [5.41, 5.74) is 0.591. The van der Waals surface area contributed by atoms with Crippen molar-refractivity contribution in [3.8, 4) is 0 Å². The summed E-state index contributed by atoms with van der Waals surface area (Å²) in [6, 6.07) is 3.57. The molecular weight excluding hydrogens is 270 g/mol. The number of carbonyl (C=O) groups excluding carboxylic acids is 1. The summed E-state index contributed by atoms with van der Waals surface area (Å²) in [7, 11) is 3.29. The predicted octanol–water partition coefficient (Wildman–Crippen LogP) is 1.64. The van der Waals surface area contributed by atoms with E-state index in [4.69, 9.17) is 9.47 Å². The maximum atomic E-state index is 12.7. The van der Waals surface area contributed by atoms with E-state index in [0.717, 1.165) is 13.0 Å². The van der Waals surface area contributed by atoms with Crippen LogP contribution >= 0.6 is 0 Å². The molecule has 0 aromatic carbocycles. The second kappa shape index (κ2) is 10.1. The van der Waals surface area contributed by atoms with E-state index in [1.165, 1.54) is 0 Å². The zero-order chi connectivity index (χ0) is 15.5. The molecule has 1 aromatic rings. The molecular formula is C15H25N3O3. The van der Waals surface area contributed by atoms with Gasteiger partial charge in [-0.2, -0.15) is 0 Å². The van der Waals surface area contributed by atoms with Crippen molar-refractivity contribution >= 4 is 11.7 Å². The van der Waals surface area contributed by atoms with Crippen LogP contribution in [0, 0.1) is 0 Å². The number of pyridine rings is 1. The van der Waals surface area contributed by atoms with Gasteiger partial charge in [-0.05, 0) is 25.5 Å². The van der Waals surface area contributed by atoms with Gasteiger partial charge in [0.1, 0.15) is 5.82 Å². The Labute approximate surface area is 126 Å². The average molecular weight is 295 g/mol. The third-order valence-electron chi connectivity index (χ3n) is 3.01. The minimum Gasteiger partial charge on any atom is -0.385 e. The van der Waals surface area contributed by atoms with Crippen LogP contribution in [-0.4, -0.2) is 62.9 Å². The predicted molar refractivity (Wildman–Crippen MR) is 82.7 cm³/mol. The summed E-state index contributed by atoms with van der Waals surface area (Å²) in [6.07, 6.45) is 2.47. The van der Waals surface area contributed by atoms with E-state index in [2.05, 4.69) is 10.3 Å². The smallest absolute Gasteiger partial charge is 0.257 e. The van der Waals surface area contributed by atoms with Crippen LogP contribution in [0.4, 0.5) is 5.82 Å². The van der Waals surface area contributed by atoms with Crippen LogP contribution in [0.5, 0.6) is 0 Å². The van der Waals surface area contributed by atoms with E-state index in [1.54, 1.807) is 37.4 Å². The Morgan fingerprint density at radius 1 is 1.29 bits per heavy atom. The lowest BCUT2D eigenvalue weighted by Crippen LogP contribution is -2.35. The summed E-state index contributed by atoms with van der Waals surface area (Å²) in [6.45, 7) is 5.03. The fourth-order valence-electron chi connectivity index (χ4n) is 1.97. The Morgan fingerprint density at radius 3 is 2.71 bits per heavy atom. The molecule has 0 saturated heterocycles. The quantitative estimate of drug-likeness (QED) is 0.665. The van der Waals surface area contributed by atoms with E-state index in [0.29, 0.717) is 37.7 Å². The van der Waals surface area contributed by atoms with E-state index in [1.807, 2.05) is 6.92 Å². The van der Waals surface area contributed by atoms with E-state index < -0.39 is 0 Å². The highest BCUT2D eigenvalue weighted by atomic mass is 16.5. The molecule has 21 heavy (non-hydrogen) atoms. The van der Waals surface area contributed by atoms with E-state index in [-0.39, 0.29) is 5.91 Å². The highest BCUT2D eigenvalue weighted by molar-refractivity contribution is 5.98. The molecule has 1 aromatic heterocycles. The molecule has 0 fully saturated rings. The number of carbonyl (C=O) groups is 1. The number of anilines is 1. The van der Waals surface area contributed by atoms with Gasteiger partial charge in [-0.3, -0.25) is 4.79 Å². The minimum absolute atomic E-state index is 0.0350. The number of nitrogens with zero attached hydrogens (tertiary/aromatic N) is 2. The van der Waals surface area contributed by atoms with Crippen molar-refractivity contribution in [2.75, 3.05) is 52.4 Å². The number of ether oxygens (including phenoxy) is 2. The molecule has 0 unspecified atom stereocenters. The maximum absolute atomic E-state index is 12.7. The fourth-order valence-corrected chi connectivity index (χ4v) is 1.97. The van der Waals surface area contributed by atoms with Crippen molar-refractivity contribution in [3.63, 3.8) is 0 Å². The highest BCUT2D eigenvalue weighted by Crippen LogP contribution is 2.14. The minimum atomic E-state index is -0.0350.